The molecule has 28 heavy (non-hydrogen) atoms. The molecule has 0 spiro atoms. The van der Waals surface area contributed by atoms with Crippen LogP contribution in [0.3, 0.4) is 0 Å². The maximum Gasteiger partial charge on any atom is 0.178 e. The van der Waals surface area contributed by atoms with Gasteiger partial charge in [0.15, 0.2) is 5.60 Å². The number of hydrogen-bond acceptors (Lipinski definition) is 1. The van der Waals surface area contributed by atoms with Crippen molar-refractivity contribution >= 4 is 48.7 Å². The van der Waals surface area contributed by atoms with Crippen LogP contribution in [0.15, 0.2) is 100.0 Å². The summed E-state index contributed by atoms with van der Waals surface area (Å²) >= 11 is 7.08. The lowest BCUT2D eigenvalue weighted by molar-refractivity contribution is 0.161. The first-order valence-corrected chi connectivity index (χ1v) is 10.7. The van der Waals surface area contributed by atoms with Gasteiger partial charge in [0.2, 0.25) is 0 Å². The van der Waals surface area contributed by atoms with Gasteiger partial charge >= 0.3 is 0 Å². The van der Waals surface area contributed by atoms with Gasteiger partial charge in [-0.25, -0.2) is 0 Å². The fraction of sp³-hybridized carbons (Fsp3) is 0.0400. The third-order valence-electron chi connectivity index (χ3n) is 5.23. The van der Waals surface area contributed by atoms with Crippen molar-refractivity contribution in [2.75, 3.05) is 0 Å². The summed E-state index contributed by atoms with van der Waals surface area (Å²) in [6.07, 6.45) is 4.37. The van der Waals surface area contributed by atoms with Gasteiger partial charge in [-0.3, -0.25) is 0 Å². The molecule has 0 atom stereocenters. The number of hydrogen-bond donors (Lipinski definition) is 0. The van der Waals surface area contributed by atoms with Crippen LogP contribution in [-0.2, 0) is 5.60 Å². The molecule has 0 amide bonds. The molecule has 0 saturated heterocycles. The quantitative estimate of drug-likeness (QED) is 0.279. The van der Waals surface area contributed by atoms with Crippen molar-refractivity contribution in [1.29, 1.82) is 0 Å². The van der Waals surface area contributed by atoms with Crippen molar-refractivity contribution in [3.05, 3.63) is 117 Å². The predicted octanol–water partition coefficient (Wildman–Crippen LogP) is 7.71. The van der Waals surface area contributed by atoms with E-state index < -0.39 is 5.60 Å². The highest BCUT2D eigenvalue weighted by Crippen LogP contribution is 2.44. The smallest absolute Gasteiger partial charge is 0.178 e. The highest BCUT2D eigenvalue weighted by atomic mass is 79.9. The van der Waals surface area contributed by atoms with Crippen LogP contribution in [0.2, 0.25) is 0 Å². The van der Waals surface area contributed by atoms with Gasteiger partial charge in [-0.15, -0.1) is 0 Å². The predicted molar refractivity (Wildman–Crippen MR) is 123 cm³/mol. The van der Waals surface area contributed by atoms with Gasteiger partial charge in [0.1, 0.15) is 5.75 Å². The second kappa shape index (κ2) is 6.91. The van der Waals surface area contributed by atoms with Crippen molar-refractivity contribution in [2.24, 2.45) is 0 Å². The van der Waals surface area contributed by atoms with Gasteiger partial charge in [-0.1, -0.05) is 86.5 Å². The Bertz CT molecular complexity index is 1150. The summed E-state index contributed by atoms with van der Waals surface area (Å²) in [5.74, 6) is 0.895. The van der Waals surface area contributed by atoms with E-state index in [0.717, 1.165) is 31.4 Å². The van der Waals surface area contributed by atoms with E-state index in [2.05, 4.69) is 129 Å². The number of rotatable bonds is 2. The van der Waals surface area contributed by atoms with Gasteiger partial charge in [0.25, 0.3) is 0 Å². The van der Waals surface area contributed by atoms with Crippen LogP contribution in [0.1, 0.15) is 16.7 Å². The summed E-state index contributed by atoms with van der Waals surface area (Å²) in [5, 5.41) is 2.42. The zero-order valence-electron chi connectivity index (χ0n) is 14.9. The molecule has 0 bridgehead atoms. The van der Waals surface area contributed by atoms with Crippen molar-refractivity contribution in [3.63, 3.8) is 0 Å². The highest BCUT2D eigenvalue weighted by molar-refractivity contribution is 9.10. The molecule has 0 aliphatic carbocycles. The minimum Gasteiger partial charge on any atom is -0.473 e. The molecule has 1 aliphatic rings. The van der Waals surface area contributed by atoms with E-state index in [1.165, 1.54) is 10.8 Å². The number of halogens is 2. The summed E-state index contributed by atoms with van der Waals surface area (Å²) in [6.45, 7) is 0. The Hall–Kier alpha value is -2.36. The molecule has 1 heterocycles. The van der Waals surface area contributed by atoms with Crippen LogP contribution < -0.4 is 4.74 Å². The largest absolute Gasteiger partial charge is 0.473 e. The van der Waals surface area contributed by atoms with E-state index in [1.54, 1.807) is 0 Å². The third kappa shape index (κ3) is 2.90. The molecule has 0 unspecified atom stereocenters. The molecule has 4 aromatic carbocycles. The Balaban J connectivity index is 1.73. The van der Waals surface area contributed by atoms with Gasteiger partial charge in [-0.2, -0.15) is 0 Å². The molecule has 3 heteroatoms. The maximum atomic E-state index is 6.76. The fourth-order valence-electron chi connectivity index (χ4n) is 3.82. The summed E-state index contributed by atoms with van der Waals surface area (Å²) in [7, 11) is 0. The molecule has 5 rings (SSSR count). The molecule has 1 nitrogen and oxygen atoms in total. The molecule has 0 fully saturated rings. The summed E-state index contributed by atoms with van der Waals surface area (Å²) in [4.78, 5) is 0. The monoisotopic (exact) mass is 490 g/mol. The molecule has 0 aromatic heterocycles. The second-order valence-electron chi connectivity index (χ2n) is 6.88. The summed E-state index contributed by atoms with van der Waals surface area (Å²) in [6, 6.07) is 29.3. The third-order valence-corrected chi connectivity index (χ3v) is 6.29. The summed E-state index contributed by atoms with van der Waals surface area (Å²) in [5.41, 5.74) is 2.64. The van der Waals surface area contributed by atoms with Crippen molar-refractivity contribution < 1.29 is 4.74 Å². The molecule has 0 saturated carbocycles. The van der Waals surface area contributed by atoms with Crippen LogP contribution in [0.4, 0.5) is 0 Å². The molecular weight excluding hydrogens is 476 g/mol. The van der Waals surface area contributed by atoms with Crippen LogP contribution >= 0.6 is 31.9 Å². The molecular formula is C25H16Br2O. The van der Waals surface area contributed by atoms with Crippen LogP contribution in [-0.4, -0.2) is 0 Å². The molecule has 136 valence electrons. The van der Waals surface area contributed by atoms with E-state index in [1.807, 2.05) is 0 Å². The highest BCUT2D eigenvalue weighted by Gasteiger charge is 2.37. The first-order chi connectivity index (χ1) is 13.7. The average Bonchev–Trinajstić information content (AvgIpc) is 2.74. The lowest BCUT2D eigenvalue weighted by Gasteiger charge is -2.36. The SMILES string of the molecule is Brc1ccc(C2(c3ccc(Br)cc3)C=Cc3c(ccc4ccccc34)O2)cc1. The lowest BCUT2D eigenvalue weighted by atomic mass is 9.83. The van der Waals surface area contributed by atoms with Crippen molar-refractivity contribution in [1.82, 2.24) is 0 Å². The van der Waals surface area contributed by atoms with E-state index in [0.29, 0.717) is 0 Å². The second-order valence-corrected chi connectivity index (χ2v) is 8.71. The zero-order chi connectivity index (χ0) is 19.1. The van der Waals surface area contributed by atoms with Gasteiger partial charge < -0.3 is 4.74 Å². The van der Waals surface area contributed by atoms with Crippen LogP contribution in [0.25, 0.3) is 16.8 Å². The Labute approximate surface area is 180 Å². The molecule has 0 radical (unpaired) electrons. The van der Waals surface area contributed by atoms with Gasteiger partial charge in [0.05, 0.1) is 0 Å². The number of fused-ring (bicyclic) bond motifs is 3. The Morgan fingerprint density at radius 2 is 1.25 bits per heavy atom. The minimum absolute atomic E-state index is 0.670. The van der Waals surface area contributed by atoms with E-state index in [4.69, 9.17) is 4.74 Å². The van der Waals surface area contributed by atoms with Crippen LogP contribution in [0.5, 0.6) is 5.75 Å². The first kappa shape index (κ1) is 17.7. The Kier molecular flexibility index (Phi) is 4.37. The standard InChI is InChI=1S/C25H16Br2O/c26-20-10-6-18(7-11-20)25(19-8-12-21(27)13-9-19)16-15-23-22-4-2-1-3-17(22)5-14-24(23)28-25/h1-16H. The maximum absolute atomic E-state index is 6.76. The first-order valence-electron chi connectivity index (χ1n) is 9.08. The molecule has 4 aromatic rings. The normalized spacial score (nSPS) is 14.5. The van der Waals surface area contributed by atoms with E-state index in [9.17, 15) is 0 Å². The zero-order valence-corrected chi connectivity index (χ0v) is 18.1. The summed E-state index contributed by atoms with van der Waals surface area (Å²) < 4.78 is 8.86. The topological polar surface area (TPSA) is 9.23 Å². The Morgan fingerprint density at radius 3 is 1.89 bits per heavy atom. The molecule has 1 aliphatic heterocycles. The van der Waals surface area contributed by atoms with Gasteiger partial charge in [-0.05, 0) is 53.3 Å². The van der Waals surface area contributed by atoms with Gasteiger partial charge in [0, 0.05) is 25.6 Å². The molecule has 0 N–H and O–H groups in total. The fourth-order valence-corrected chi connectivity index (χ4v) is 4.35. The number of ether oxygens (including phenoxy) is 1. The lowest BCUT2D eigenvalue weighted by Crippen LogP contribution is -2.34. The Morgan fingerprint density at radius 1 is 0.643 bits per heavy atom. The van der Waals surface area contributed by atoms with Crippen molar-refractivity contribution in [3.8, 4) is 5.75 Å². The van der Waals surface area contributed by atoms with Crippen LogP contribution in [0, 0.1) is 0 Å². The van der Waals surface area contributed by atoms with E-state index >= 15 is 0 Å². The van der Waals surface area contributed by atoms with E-state index in [-0.39, 0.29) is 0 Å². The van der Waals surface area contributed by atoms with Crippen molar-refractivity contribution in [2.45, 2.75) is 5.60 Å². The minimum atomic E-state index is -0.670. The average molecular weight is 492 g/mol. The number of benzene rings is 4.